The summed E-state index contributed by atoms with van der Waals surface area (Å²) in [6, 6.07) is 7.88. The zero-order valence-corrected chi connectivity index (χ0v) is 10.3. The van der Waals surface area contributed by atoms with E-state index in [2.05, 4.69) is 11.4 Å². The average Bonchev–Trinajstić information content (AvgIpc) is 2.34. The number of nitrogens with one attached hydrogen (secondary N) is 1. The molecular formula is C12H16N2OS. The van der Waals surface area contributed by atoms with Crippen molar-refractivity contribution in [2.45, 2.75) is 24.3 Å². The Morgan fingerprint density at radius 3 is 2.88 bits per heavy atom. The highest BCUT2D eigenvalue weighted by Crippen LogP contribution is 2.26. The van der Waals surface area contributed by atoms with Crippen molar-refractivity contribution in [3.8, 4) is 6.07 Å². The molecule has 4 heteroatoms. The van der Waals surface area contributed by atoms with Gasteiger partial charge in [-0.15, -0.1) is 11.8 Å². The van der Waals surface area contributed by atoms with Crippen molar-refractivity contribution in [2.75, 3.05) is 18.1 Å². The van der Waals surface area contributed by atoms with Gasteiger partial charge in [-0.3, -0.25) is 0 Å². The zero-order valence-electron chi connectivity index (χ0n) is 9.53. The largest absolute Gasteiger partial charge is 0.391 e. The van der Waals surface area contributed by atoms with Crippen LogP contribution in [0.4, 0.5) is 5.69 Å². The normalized spacial score (nSPS) is 11.9. The quantitative estimate of drug-likeness (QED) is 0.771. The first kappa shape index (κ1) is 12.9. The molecule has 0 aliphatic rings. The number of hydrogen-bond acceptors (Lipinski definition) is 4. The molecule has 0 saturated carbocycles. The summed E-state index contributed by atoms with van der Waals surface area (Å²) in [4.78, 5) is 0.957. The fourth-order valence-electron chi connectivity index (χ4n) is 1.34. The molecule has 0 aromatic heterocycles. The zero-order chi connectivity index (χ0) is 12.0. The molecule has 0 aliphatic carbocycles. The lowest BCUT2D eigenvalue weighted by molar-refractivity contribution is 0.183. The van der Waals surface area contributed by atoms with Crippen LogP contribution in [0.5, 0.6) is 0 Å². The molecule has 0 radical (unpaired) electrons. The van der Waals surface area contributed by atoms with Crippen molar-refractivity contribution < 1.29 is 5.11 Å². The van der Waals surface area contributed by atoms with Crippen LogP contribution in [0.25, 0.3) is 0 Å². The van der Waals surface area contributed by atoms with Gasteiger partial charge in [0.2, 0.25) is 0 Å². The van der Waals surface area contributed by atoms with Crippen LogP contribution in [0.3, 0.4) is 0 Å². The molecule has 0 amide bonds. The lowest BCUT2D eigenvalue weighted by Gasteiger charge is -2.13. The highest BCUT2D eigenvalue weighted by Gasteiger charge is 2.08. The molecule has 0 bridgehead atoms. The fraction of sp³-hybridized carbons (Fsp3) is 0.417. The number of thioether (sulfide) groups is 1. The molecule has 0 heterocycles. The monoisotopic (exact) mass is 236 g/mol. The van der Waals surface area contributed by atoms with E-state index in [1.807, 2.05) is 31.4 Å². The van der Waals surface area contributed by atoms with Crippen molar-refractivity contribution in [3.63, 3.8) is 0 Å². The molecule has 1 rings (SSSR count). The van der Waals surface area contributed by atoms with Gasteiger partial charge in [-0.25, -0.2) is 0 Å². The minimum Gasteiger partial charge on any atom is -0.391 e. The van der Waals surface area contributed by atoms with Gasteiger partial charge in [0, 0.05) is 11.4 Å². The number of nitriles is 1. The Morgan fingerprint density at radius 2 is 2.31 bits per heavy atom. The number of rotatable bonds is 5. The smallest absolute Gasteiger partial charge is 0.102 e. The molecule has 3 nitrogen and oxygen atoms in total. The Morgan fingerprint density at radius 1 is 1.56 bits per heavy atom. The van der Waals surface area contributed by atoms with Gasteiger partial charge in [0.15, 0.2) is 0 Å². The third-order valence-electron chi connectivity index (χ3n) is 2.36. The summed E-state index contributed by atoms with van der Waals surface area (Å²) in [7, 11) is 0. The lowest BCUT2D eigenvalue weighted by Crippen LogP contribution is -2.18. The first-order valence-corrected chi connectivity index (χ1v) is 6.44. The van der Waals surface area contributed by atoms with E-state index in [1.165, 1.54) is 0 Å². The molecule has 1 unspecified atom stereocenters. The van der Waals surface area contributed by atoms with Gasteiger partial charge in [0.25, 0.3) is 0 Å². The van der Waals surface area contributed by atoms with Crippen LogP contribution in [0, 0.1) is 11.3 Å². The Bertz CT molecular complexity index is 387. The summed E-state index contributed by atoms with van der Waals surface area (Å²) < 4.78 is 0. The van der Waals surface area contributed by atoms with Crippen LogP contribution in [0.15, 0.2) is 23.1 Å². The molecule has 1 aromatic carbocycles. The van der Waals surface area contributed by atoms with Gasteiger partial charge < -0.3 is 10.4 Å². The summed E-state index contributed by atoms with van der Waals surface area (Å²) >= 11 is 1.55. The second kappa shape index (κ2) is 6.41. The van der Waals surface area contributed by atoms with E-state index in [0.29, 0.717) is 18.5 Å². The van der Waals surface area contributed by atoms with Crippen molar-refractivity contribution in [3.05, 3.63) is 23.8 Å². The molecule has 1 atom stereocenters. The van der Waals surface area contributed by atoms with Gasteiger partial charge >= 0.3 is 0 Å². The highest BCUT2D eigenvalue weighted by molar-refractivity contribution is 7.98. The van der Waals surface area contributed by atoms with Crippen LogP contribution in [-0.2, 0) is 0 Å². The maximum absolute atomic E-state index is 9.46. The summed E-state index contributed by atoms with van der Waals surface area (Å²) in [5.74, 6) is 0. The van der Waals surface area contributed by atoms with Crippen LogP contribution < -0.4 is 5.32 Å². The topological polar surface area (TPSA) is 56.0 Å². The van der Waals surface area contributed by atoms with Crippen molar-refractivity contribution >= 4 is 17.4 Å². The standard InChI is InChI=1S/C12H16N2OS/c1-3-9(15)8-14-11-5-4-6-12(16-2)10(11)7-13/h4-6,9,14-15H,3,8H2,1-2H3. The van der Waals surface area contributed by atoms with E-state index in [-0.39, 0.29) is 6.10 Å². The number of anilines is 1. The molecule has 0 spiro atoms. The third-order valence-corrected chi connectivity index (χ3v) is 3.14. The highest BCUT2D eigenvalue weighted by atomic mass is 32.2. The fourth-order valence-corrected chi connectivity index (χ4v) is 1.91. The first-order valence-electron chi connectivity index (χ1n) is 5.22. The second-order valence-electron chi connectivity index (χ2n) is 3.44. The molecule has 1 aromatic rings. The predicted octanol–water partition coefficient (Wildman–Crippen LogP) is 2.46. The lowest BCUT2D eigenvalue weighted by atomic mass is 10.2. The molecule has 86 valence electrons. The number of nitrogens with zero attached hydrogens (tertiary/aromatic N) is 1. The van der Waals surface area contributed by atoms with E-state index in [1.54, 1.807) is 11.8 Å². The number of hydrogen-bond donors (Lipinski definition) is 2. The van der Waals surface area contributed by atoms with E-state index < -0.39 is 0 Å². The van der Waals surface area contributed by atoms with Gasteiger partial charge in [0.05, 0.1) is 17.4 Å². The molecule has 0 fully saturated rings. The van der Waals surface area contributed by atoms with E-state index >= 15 is 0 Å². The molecule has 16 heavy (non-hydrogen) atoms. The minimum absolute atomic E-state index is 0.371. The summed E-state index contributed by atoms with van der Waals surface area (Å²) in [6.07, 6.45) is 2.28. The Kier molecular flexibility index (Phi) is 5.17. The number of aliphatic hydroxyl groups is 1. The molecule has 0 saturated heterocycles. The minimum atomic E-state index is -0.371. The van der Waals surface area contributed by atoms with Gasteiger partial charge in [-0.05, 0) is 24.8 Å². The van der Waals surface area contributed by atoms with E-state index in [0.717, 1.165) is 10.6 Å². The molecule has 2 N–H and O–H groups in total. The van der Waals surface area contributed by atoms with Crippen LogP contribution in [0.1, 0.15) is 18.9 Å². The average molecular weight is 236 g/mol. The van der Waals surface area contributed by atoms with Crippen LogP contribution in [0.2, 0.25) is 0 Å². The van der Waals surface area contributed by atoms with Gasteiger partial charge in [-0.1, -0.05) is 13.0 Å². The van der Waals surface area contributed by atoms with Crippen molar-refractivity contribution in [1.29, 1.82) is 5.26 Å². The summed E-state index contributed by atoms with van der Waals surface area (Å²) in [6.45, 7) is 2.40. The molecule has 0 aliphatic heterocycles. The van der Waals surface area contributed by atoms with E-state index in [4.69, 9.17) is 5.26 Å². The SMILES string of the molecule is CCC(O)CNc1cccc(SC)c1C#N. The van der Waals surface area contributed by atoms with Crippen molar-refractivity contribution in [1.82, 2.24) is 0 Å². The van der Waals surface area contributed by atoms with Crippen LogP contribution >= 0.6 is 11.8 Å². The Hall–Kier alpha value is -1.18. The first-order chi connectivity index (χ1) is 7.72. The van der Waals surface area contributed by atoms with Gasteiger partial charge in [0.1, 0.15) is 6.07 Å². The molecular weight excluding hydrogens is 220 g/mol. The van der Waals surface area contributed by atoms with Crippen molar-refractivity contribution in [2.24, 2.45) is 0 Å². The number of benzene rings is 1. The van der Waals surface area contributed by atoms with Gasteiger partial charge in [-0.2, -0.15) is 5.26 Å². The Labute approximate surface area is 100 Å². The Balaban J connectivity index is 2.84. The number of aliphatic hydroxyl groups excluding tert-OH is 1. The summed E-state index contributed by atoms with van der Waals surface area (Å²) in [5.41, 5.74) is 1.44. The maximum Gasteiger partial charge on any atom is 0.102 e. The summed E-state index contributed by atoms with van der Waals surface area (Å²) in [5, 5.41) is 21.6. The predicted molar refractivity (Wildman–Crippen MR) is 67.7 cm³/mol. The second-order valence-corrected chi connectivity index (χ2v) is 4.29. The van der Waals surface area contributed by atoms with Crippen LogP contribution in [-0.4, -0.2) is 24.0 Å². The van der Waals surface area contributed by atoms with E-state index in [9.17, 15) is 5.11 Å². The third kappa shape index (κ3) is 3.16. The maximum atomic E-state index is 9.46.